The highest BCUT2D eigenvalue weighted by atomic mass is 32.2. The Kier molecular flexibility index (Phi) is 6.25. The van der Waals surface area contributed by atoms with Gasteiger partial charge in [-0.05, 0) is 43.2 Å². The molecule has 6 nitrogen and oxygen atoms in total. The molecule has 0 radical (unpaired) electrons. The van der Waals surface area contributed by atoms with E-state index >= 15 is 0 Å². The third kappa shape index (κ3) is 4.44. The number of thioether (sulfide) groups is 1. The Morgan fingerprint density at radius 3 is 2.59 bits per heavy atom. The molecule has 0 spiro atoms. The average molecular weight is 407 g/mol. The second kappa shape index (κ2) is 8.84. The second-order valence-corrected chi connectivity index (χ2v) is 7.40. The van der Waals surface area contributed by atoms with Gasteiger partial charge < -0.3 is 14.8 Å². The summed E-state index contributed by atoms with van der Waals surface area (Å²) in [5.41, 5.74) is 4.13. The quantitative estimate of drug-likeness (QED) is 0.607. The number of nitrogens with zero attached hydrogens (tertiary/aromatic N) is 2. The number of pyridine rings is 1. The van der Waals surface area contributed by atoms with Gasteiger partial charge in [0.05, 0.1) is 31.1 Å². The molecular weight excluding hydrogens is 386 g/mol. The molecule has 1 amide bonds. The minimum atomic E-state index is -0.200. The highest BCUT2D eigenvalue weighted by Crippen LogP contribution is 2.30. The number of amides is 1. The van der Waals surface area contributed by atoms with E-state index in [2.05, 4.69) is 16.4 Å². The Balaban J connectivity index is 1.77. The largest absolute Gasteiger partial charge is 0.493 e. The van der Waals surface area contributed by atoms with Gasteiger partial charge in [0.2, 0.25) is 5.91 Å². The lowest BCUT2D eigenvalue weighted by Gasteiger charge is -2.11. The van der Waals surface area contributed by atoms with E-state index < -0.39 is 0 Å². The number of methoxy groups -OCH3 is 2. The number of aryl methyl sites for hydroxylation is 2. The fourth-order valence-electron chi connectivity index (χ4n) is 2.90. The first-order valence-corrected chi connectivity index (χ1v) is 9.91. The third-order valence-corrected chi connectivity index (χ3v) is 5.60. The Bertz CT molecular complexity index is 1120. The molecule has 0 saturated heterocycles. The Morgan fingerprint density at radius 1 is 1.14 bits per heavy atom. The number of ether oxygens (including phenoxy) is 2. The van der Waals surface area contributed by atoms with Crippen molar-refractivity contribution in [2.45, 2.75) is 18.9 Å². The molecule has 1 heterocycles. The predicted molar refractivity (Wildman–Crippen MR) is 115 cm³/mol. The van der Waals surface area contributed by atoms with Crippen molar-refractivity contribution in [1.82, 2.24) is 4.98 Å². The second-order valence-electron chi connectivity index (χ2n) is 6.44. The van der Waals surface area contributed by atoms with Crippen LogP contribution in [0.2, 0.25) is 0 Å². The molecular formula is C22H21N3O3S. The topological polar surface area (TPSA) is 84.2 Å². The molecule has 0 saturated carbocycles. The SMILES string of the molecule is COc1ccc(NC(=O)CSc2nc3c(C)c(C)ccc3cc2C#N)cc1OC. The van der Waals surface area contributed by atoms with E-state index in [-0.39, 0.29) is 11.7 Å². The maximum atomic E-state index is 12.4. The summed E-state index contributed by atoms with van der Waals surface area (Å²) in [4.78, 5) is 17.1. The summed E-state index contributed by atoms with van der Waals surface area (Å²) in [5, 5.41) is 13.8. The summed E-state index contributed by atoms with van der Waals surface area (Å²) in [7, 11) is 3.09. The summed E-state index contributed by atoms with van der Waals surface area (Å²) in [6.07, 6.45) is 0. The lowest BCUT2D eigenvalue weighted by atomic mass is 10.0. The van der Waals surface area contributed by atoms with Gasteiger partial charge in [-0.1, -0.05) is 23.9 Å². The van der Waals surface area contributed by atoms with Gasteiger partial charge in [-0.25, -0.2) is 4.98 Å². The minimum Gasteiger partial charge on any atom is -0.493 e. The number of hydrogen-bond donors (Lipinski definition) is 1. The monoisotopic (exact) mass is 407 g/mol. The van der Waals surface area contributed by atoms with Crippen LogP contribution in [0.5, 0.6) is 11.5 Å². The maximum Gasteiger partial charge on any atom is 0.234 e. The molecule has 148 valence electrons. The first-order valence-electron chi connectivity index (χ1n) is 8.92. The minimum absolute atomic E-state index is 0.131. The Labute approximate surface area is 173 Å². The lowest BCUT2D eigenvalue weighted by Crippen LogP contribution is -2.14. The van der Waals surface area contributed by atoms with Crippen LogP contribution in [-0.2, 0) is 4.79 Å². The van der Waals surface area contributed by atoms with Crippen LogP contribution in [0, 0.1) is 25.2 Å². The highest BCUT2D eigenvalue weighted by Gasteiger charge is 2.13. The van der Waals surface area contributed by atoms with Crippen LogP contribution in [-0.4, -0.2) is 30.9 Å². The van der Waals surface area contributed by atoms with E-state index in [1.54, 1.807) is 25.3 Å². The van der Waals surface area contributed by atoms with Crippen LogP contribution in [0.25, 0.3) is 10.9 Å². The lowest BCUT2D eigenvalue weighted by molar-refractivity contribution is -0.113. The van der Waals surface area contributed by atoms with Gasteiger partial charge in [0.1, 0.15) is 11.1 Å². The molecule has 3 aromatic rings. The number of fused-ring (bicyclic) bond motifs is 1. The van der Waals surface area contributed by atoms with Crippen LogP contribution in [0.3, 0.4) is 0 Å². The number of benzene rings is 2. The predicted octanol–water partition coefficient (Wildman–Crippen LogP) is 4.47. The van der Waals surface area contributed by atoms with Gasteiger partial charge in [0, 0.05) is 17.1 Å². The Morgan fingerprint density at radius 2 is 1.90 bits per heavy atom. The number of hydrogen-bond acceptors (Lipinski definition) is 6. The standard InChI is InChI=1S/C22H21N3O3S/c1-13-5-6-15-9-16(11-23)22(25-21(15)14(13)2)29-12-20(26)24-17-7-8-18(27-3)19(10-17)28-4/h5-10H,12H2,1-4H3,(H,24,26). The molecule has 1 N–H and O–H groups in total. The molecule has 0 atom stereocenters. The summed E-state index contributed by atoms with van der Waals surface area (Å²) >= 11 is 1.24. The molecule has 3 rings (SSSR count). The number of aromatic nitrogens is 1. The van der Waals surface area contributed by atoms with Gasteiger partial charge in [-0.3, -0.25) is 4.79 Å². The van der Waals surface area contributed by atoms with Crippen molar-refractivity contribution < 1.29 is 14.3 Å². The molecule has 0 unspecified atom stereocenters. The van der Waals surface area contributed by atoms with E-state index in [4.69, 9.17) is 9.47 Å². The van der Waals surface area contributed by atoms with Crippen molar-refractivity contribution in [3.8, 4) is 17.6 Å². The van der Waals surface area contributed by atoms with Crippen LogP contribution in [0.15, 0.2) is 41.4 Å². The molecule has 0 aliphatic heterocycles. The van der Waals surface area contributed by atoms with Crippen molar-refractivity contribution in [3.05, 3.63) is 53.1 Å². The summed E-state index contributed by atoms with van der Waals surface area (Å²) in [6, 6.07) is 13.1. The molecule has 0 bridgehead atoms. The first-order chi connectivity index (χ1) is 14.0. The number of nitrogens with one attached hydrogen (secondary N) is 1. The zero-order valence-electron chi connectivity index (χ0n) is 16.7. The molecule has 2 aromatic carbocycles. The zero-order chi connectivity index (χ0) is 21.0. The fraction of sp³-hybridized carbons (Fsp3) is 0.227. The van der Waals surface area contributed by atoms with E-state index in [1.807, 2.05) is 32.0 Å². The Hall–Kier alpha value is -3.24. The molecule has 1 aromatic heterocycles. The highest BCUT2D eigenvalue weighted by molar-refractivity contribution is 8.00. The fourth-order valence-corrected chi connectivity index (χ4v) is 3.66. The number of rotatable bonds is 6. The van der Waals surface area contributed by atoms with Crippen molar-refractivity contribution in [1.29, 1.82) is 5.26 Å². The summed E-state index contributed by atoms with van der Waals surface area (Å²) < 4.78 is 10.5. The first kappa shape index (κ1) is 20.5. The molecule has 0 fully saturated rings. The number of nitriles is 1. The summed E-state index contributed by atoms with van der Waals surface area (Å²) in [6.45, 7) is 4.03. The van der Waals surface area contributed by atoms with E-state index in [0.29, 0.717) is 27.8 Å². The van der Waals surface area contributed by atoms with Crippen LogP contribution < -0.4 is 14.8 Å². The zero-order valence-corrected chi connectivity index (χ0v) is 17.5. The van der Waals surface area contributed by atoms with Crippen LogP contribution >= 0.6 is 11.8 Å². The van der Waals surface area contributed by atoms with Gasteiger partial charge >= 0.3 is 0 Å². The van der Waals surface area contributed by atoms with E-state index in [9.17, 15) is 10.1 Å². The van der Waals surface area contributed by atoms with E-state index in [0.717, 1.165) is 22.0 Å². The molecule has 7 heteroatoms. The third-order valence-electron chi connectivity index (χ3n) is 4.60. The van der Waals surface area contributed by atoms with Crippen molar-refractivity contribution in [3.63, 3.8) is 0 Å². The van der Waals surface area contributed by atoms with Gasteiger partial charge in [-0.2, -0.15) is 5.26 Å². The normalized spacial score (nSPS) is 10.4. The van der Waals surface area contributed by atoms with Crippen molar-refractivity contribution in [2.24, 2.45) is 0 Å². The van der Waals surface area contributed by atoms with Crippen LogP contribution in [0.1, 0.15) is 16.7 Å². The van der Waals surface area contributed by atoms with E-state index in [1.165, 1.54) is 18.9 Å². The van der Waals surface area contributed by atoms with Gasteiger partial charge in [-0.15, -0.1) is 0 Å². The van der Waals surface area contributed by atoms with Crippen LogP contribution in [0.4, 0.5) is 5.69 Å². The smallest absolute Gasteiger partial charge is 0.234 e. The number of carbonyl (C=O) groups is 1. The number of carbonyl (C=O) groups excluding carboxylic acids is 1. The summed E-state index contributed by atoms with van der Waals surface area (Å²) in [5.74, 6) is 1.05. The molecule has 0 aliphatic rings. The maximum absolute atomic E-state index is 12.4. The number of anilines is 1. The van der Waals surface area contributed by atoms with Crippen molar-refractivity contribution >= 4 is 34.3 Å². The van der Waals surface area contributed by atoms with Gasteiger partial charge in [0.15, 0.2) is 11.5 Å². The van der Waals surface area contributed by atoms with Crippen molar-refractivity contribution in [2.75, 3.05) is 25.3 Å². The molecule has 29 heavy (non-hydrogen) atoms. The average Bonchev–Trinajstić information content (AvgIpc) is 2.74. The molecule has 0 aliphatic carbocycles. The van der Waals surface area contributed by atoms with Gasteiger partial charge in [0.25, 0.3) is 0 Å².